The quantitative estimate of drug-likeness (QED) is 0.840. The van der Waals surface area contributed by atoms with Crippen molar-refractivity contribution in [1.29, 1.82) is 0 Å². The van der Waals surface area contributed by atoms with E-state index in [1.165, 1.54) is 12.6 Å². The lowest BCUT2D eigenvalue weighted by molar-refractivity contribution is 0.277. The first-order valence-corrected chi connectivity index (χ1v) is 9.29. The van der Waals surface area contributed by atoms with Crippen LogP contribution in [0.5, 0.6) is 0 Å². The van der Waals surface area contributed by atoms with Crippen LogP contribution in [0.25, 0.3) is 0 Å². The van der Waals surface area contributed by atoms with Gasteiger partial charge in [-0.15, -0.1) is 0 Å². The molecule has 0 amide bonds. The van der Waals surface area contributed by atoms with Gasteiger partial charge in [0.15, 0.2) is 0 Å². The Bertz CT molecular complexity index is 639. The number of sulfonamides is 1. The number of hydrogen-bond acceptors (Lipinski definition) is 5. The third-order valence-corrected chi connectivity index (χ3v) is 5.47. The van der Waals surface area contributed by atoms with E-state index < -0.39 is 15.3 Å². The van der Waals surface area contributed by atoms with Crippen molar-refractivity contribution < 1.29 is 13.2 Å². The van der Waals surface area contributed by atoms with E-state index in [4.69, 9.17) is 4.74 Å². The van der Waals surface area contributed by atoms with Crippen molar-refractivity contribution in [2.24, 2.45) is 4.99 Å². The van der Waals surface area contributed by atoms with Crippen molar-refractivity contribution in [3.63, 3.8) is 0 Å². The lowest BCUT2D eigenvalue weighted by Gasteiger charge is -2.25. The van der Waals surface area contributed by atoms with Gasteiger partial charge in [-0.2, -0.15) is 0 Å². The maximum atomic E-state index is 12.2. The van der Waals surface area contributed by atoms with Gasteiger partial charge in [0.05, 0.1) is 0 Å². The molecule has 0 radical (unpaired) electrons. The number of nitrogens with one attached hydrogen (secondary N) is 1. The summed E-state index contributed by atoms with van der Waals surface area (Å²) in [5.41, 5.74) is 2.27. The third kappa shape index (κ3) is 5.21. The van der Waals surface area contributed by atoms with Gasteiger partial charge >= 0.3 is 0 Å². The first-order chi connectivity index (χ1) is 10.9. The molecule has 0 spiro atoms. The summed E-state index contributed by atoms with van der Waals surface area (Å²) < 4.78 is 32.0. The predicted molar refractivity (Wildman–Crippen MR) is 92.2 cm³/mol. The maximum absolute atomic E-state index is 12.2. The van der Waals surface area contributed by atoms with E-state index in [1.54, 1.807) is 0 Å². The van der Waals surface area contributed by atoms with Crippen LogP contribution in [0.1, 0.15) is 17.5 Å². The van der Waals surface area contributed by atoms with Gasteiger partial charge in [-0.05, 0) is 51.0 Å². The molecule has 1 N–H and O–H groups in total. The van der Waals surface area contributed by atoms with Crippen molar-refractivity contribution in [3.05, 3.63) is 35.4 Å². The summed E-state index contributed by atoms with van der Waals surface area (Å²) in [5.74, 6) is 0. The molecule has 7 heteroatoms. The van der Waals surface area contributed by atoms with Gasteiger partial charge in [0.2, 0.25) is 10.0 Å². The number of aryl methyl sites for hydroxylation is 1. The van der Waals surface area contributed by atoms with Crippen molar-refractivity contribution in [2.45, 2.75) is 24.5 Å². The molecule has 1 atom stereocenters. The molecule has 128 valence electrons. The van der Waals surface area contributed by atoms with Gasteiger partial charge in [-0.3, -0.25) is 0 Å². The summed E-state index contributed by atoms with van der Waals surface area (Å²) in [6.07, 6.45) is 2.58. The molecule has 1 aliphatic heterocycles. The van der Waals surface area contributed by atoms with Crippen LogP contribution in [0, 0.1) is 0 Å². The molecule has 1 aromatic rings. The molecule has 1 aromatic carbocycles. The van der Waals surface area contributed by atoms with Crippen LogP contribution in [0.2, 0.25) is 0 Å². The molecule has 1 aliphatic rings. The molecule has 0 bridgehead atoms. The van der Waals surface area contributed by atoms with Crippen LogP contribution in [0.3, 0.4) is 0 Å². The number of rotatable bonds is 6. The van der Waals surface area contributed by atoms with Crippen molar-refractivity contribution in [2.75, 3.05) is 34.3 Å². The highest BCUT2D eigenvalue weighted by molar-refractivity contribution is 7.90. The molecular formula is C16H25N3O3S. The molecule has 0 aromatic heterocycles. The smallest absolute Gasteiger partial charge is 0.298 e. The third-order valence-electron chi connectivity index (χ3n) is 3.83. The van der Waals surface area contributed by atoms with Crippen LogP contribution >= 0.6 is 0 Å². The molecule has 0 saturated carbocycles. The standard InChI is InChI=1S/C16H25N3O3S/c1-17-16-18-23(20,21)15(12-22-16)11-14-8-6-13(7-9-14)5-4-10-19(2)3/h6-9,15H,4-5,10-12H2,1-3H3,(H,17,18). The van der Waals surface area contributed by atoms with E-state index in [2.05, 4.69) is 40.8 Å². The molecule has 0 aliphatic carbocycles. The Labute approximate surface area is 138 Å². The summed E-state index contributed by atoms with van der Waals surface area (Å²) in [6, 6.07) is 8.23. The number of ether oxygens (including phenoxy) is 1. The lowest BCUT2D eigenvalue weighted by Crippen LogP contribution is -2.48. The Hall–Kier alpha value is -1.60. The highest BCUT2D eigenvalue weighted by Crippen LogP contribution is 2.15. The Morgan fingerprint density at radius 3 is 2.48 bits per heavy atom. The van der Waals surface area contributed by atoms with Gasteiger partial charge in [0.1, 0.15) is 11.9 Å². The van der Waals surface area contributed by atoms with Crippen LogP contribution in [-0.4, -0.2) is 58.9 Å². The number of amidine groups is 1. The number of aliphatic imine (C=N–C) groups is 1. The van der Waals surface area contributed by atoms with Crippen LogP contribution in [-0.2, 0) is 27.6 Å². The molecule has 1 unspecified atom stereocenters. The first-order valence-electron chi connectivity index (χ1n) is 7.74. The largest absolute Gasteiger partial charge is 0.463 e. The molecule has 1 heterocycles. The minimum Gasteiger partial charge on any atom is -0.463 e. The zero-order chi connectivity index (χ0) is 16.9. The Kier molecular flexibility index (Phi) is 6.01. The maximum Gasteiger partial charge on any atom is 0.298 e. The topological polar surface area (TPSA) is 71.0 Å². The Morgan fingerprint density at radius 1 is 1.26 bits per heavy atom. The summed E-state index contributed by atoms with van der Waals surface area (Å²) in [4.78, 5) is 5.91. The van der Waals surface area contributed by atoms with Crippen LogP contribution in [0.4, 0.5) is 0 Å². The Morgan fingerprint density at radius 2 is 1.91 bits per heavy atom. The molecule has 23 heavy (non-hydrogen) atoms. The average Bonchev–Trinajstić information content (AvgIpc) is 2.50. The van der Waals surface area contributed by atoms with Gasteiger partial charge in [0, 0.05) is 7.05 Å². The Balaban J connectivity index is 1.93. The highest BCUT2D eigenvalue weighted by atomic mass is 32.2. The van der Waals surface area contributed by atoms with Gasteiger partial charge in [0.25, 0.3) is 6.02 Å². The SMILES string of the molecule is CN=C1NS(=O)(=O)C(Cc2ccc(CCCN(C)C)cc2)CO1. The lowest BCUT2D eigenvalue weighted by atomic mass is 10.0. The van der Waals surface area contributed by atoms with E-state index >= 15 is 0 Å². The molecule has 2 rings (SSSR count). The van der Waals surface area contributed by atoms with Crippen molar-refractivity contribution >= 4 is 16.0 Å². The second-order valence-corrected chi connectivity index (χ2v) is 8.00. The number of hydrogen-bond donors (Lipinski definition) is 1. The van der Waals surface area contributed by atoms with E-state index in [0.29, 0.717) is 6.42 Å². The number of benzene rings is 1. The second-order valence-electron chi connectivity index (χ2n) is 6.04. The summed E-state index contributed by atoms with van der Waals surface area (Å²) in [5, 5.41) is -0.590. The first kappa shape index (κ1) is 17.7. The molecular weight excluding hydrogens is 314 g/mol. The van der Waals surface area contributed by atoms with E-state index in [9.17, 15) is 8.42 Å². The highest BCUT2D eigenvalue weighted by Gasteiger charge is 2.32. The normalized spacial score (nSPS) is 21.9. The van der Waals surface area contributed by atoms with E-state index in [0.717, 1.165) is 24.9 Å². The molecule has 6 nitrogen and oxygen atoms in total. The molecule has 1 fully saturated rings. The fourth-order valence-electron chi connectivity index (χ4n) is 2.48. The summed E-state index contributed by atoms with van der Waals surface area (Å²) >= 11 is 0. The van der Waals surface area contributed by atoms with Crippen molar-refractivity contribution in [3.8, 4) is 0 Å². The summed E-state index contributed by atoms with van der Waals surface area (Å²) in [6.45, 7) is 1.19. The fourth-order valence-corrected chi connectivity index (χ4v) is 3.70. The molecule has 1 saturated heterocycles. The van der Waals surface area contributed by atoms with E-state index in [1.807, 2.05) is 12.1 Å². The van der Waals surface area contributed by atoms with Crippen molar-refractivity contribution in [1.82, 2.24) is 9.62 Å². The number of nitrogens with zero attached hydrogens (tertiary/aromatic N) is 2. The minimum atomic E-state index is -3.43. The minimum absolute atomic E-state index is 0.0671. The van der Waals surface area contributed by atoms with Gasteiger partial charge in [-0.25, -0.2) is 18.1 Å². The van der Waals surface area contributed by atoms with Gasteiger partial charge < -0.3 is 9.64 Å². The van der Waals surface area contributed by atoms with Gasteiger partial charge in [-0.1, -0.05) is 24.3 Å². The van der Waals surface area contributed by atoms with E-state index in [-0.39, 0.29) is 12.6 Å². The second kappa shape index (κ2) is 7.79. The zero-order valence-corrected chi connectivity index (χ0v) is 14.8. The monoisotopic (exact) mass is 339 g/mol. The van der Waals surface area contributed by atoms with Crippen LogP contribution in [0.15, 0.2) is 29.3 Å². The summed E-state index contributed by atoms with van der Waals surface area (Å²) in [7, 11) is 2.20. The zero-order valence-electron chi connectivity index (χ0n) is 13.9. The fraction of sp³-hybridized carbons (Fsp3) is 0.562. The van der Waals surface area contributed by atoms with Crippen LogP contribution < -0.4 is 4.72 Å². The predicted octanol–water partition coefficient (Wildman–Crippen LogP) is 1.03. The average molecular weight is 339 g/mol.